The maximum atomic E-state index is 13.1. The molecule has 2 aromatic rings. The van der Waals surface area contributed by atoms with Gasteiger partial charge in [0.1, 0.15) is 18.2 Å². The number of unbranched alkanes of at least 4 members (excludes halogenated alkanes) is 2. The van der Waals surface area contributed by atoms with Gasteiger partial charge < -0.3 is 15.0 Å². The molecule has 2 aromatic carbocycles. The van der Waals surface area contributed by atoms with Crippen molar-refractivity contribution in [1.29, 1.82) is 0 Å². The van der Waals surface area contributed by atoms with Crippen molar-refractivity contribution in [3.05, 3.63) is 64.4 Å². The molecule has 5 heteroatoms. The minimum atomic E-state index is -0.338. The third-order valence-electron chi connectivity index (χ3n) is 5.15. The van der Waals surface area contributed by atoms with Gasteiger partial charge in [-0.15, -0.1) is 0 Å². The van der Waals surface area contributed by atoms with Crippen LogP contribution in [0, 0.1) is 5.82 Å². The average molecular weight is 435 g/mol. The maximum absolute atomic E-state index is 13.1. The molecule has 0 aromatic heterocycles. The predicted molar refractivity (Wildman–Crippen MR) is 125 cm³/mol. The maximum Gasteiger partial charge on any atom is 0.124 e. The largest absolute Gasteiger partial charge is 0.489 e. The van der Waals surface area contributed by atoms with Crippen LogP contribution >= 0.6 is 11.6 Å². The molecule has 0 saturated carbocycles. The number of ether oxygens (including phenoxy) is 1. The first-order chi connectivity index (χ1) is 14.6. The molecule has 0 atom stereocenters. The zero-order valence-corrected chi connectivity index (χ0v) is 19.2. The third kappa shape index (κ3) is 9.46. The second kappa shape index (κ2) is 14.4. The Kier molecular flexibility index (Phi) is 11.8. The molecule has 30 heavy (non-hydrogen) atoms. The number of hydrogen-bond acceptors (Lipinski definition) is 3. The van der Waals surface area contributed by atoms with Crippen LogP contribution in [0.5, 0.6) is 5.75 Å². The summed E-state index contributed by atoms with van der Waals surface area (Å²) in [7, 11) is 0. The van der Waals surface area contributed by atoms with Crippen molar-refractivity contribution in [3.63, 3.8) is 0 Å². The van der Waals surface area contributed by atoms with E-state index in [-0.39, 0.29) is 5.82 Å². The van der Waals surface area contributed by atoms with E-state index >= 15 is 0 Å². The van der Waals surface area contributed by atoms with Crippen LogP contribution in [0.3, 0.4) is 0 Å². The van der Waals surface area contributed by atoms with Gasteiger partial charge in [0.25, 0.3) is 0 Å². The Bertz CT molecular complexity index is 716. The Morgan fingerprint density at radius 2 is 1.60 bits per heavy atom. The van der Waals surface area contributed by atoms with Crippen molar-refractivity contribution in [2.75, 3.05) is 26.2 Å². The van der Waals surface area contributed by atoms with Gasteiger partial charge >= 0.3 is 0 Å². The molecule has 0 saturated heterocycles. The molecule has 0 bridgehead atoms. The Morgan fingerprint density at radius 3 is 2.23 bits per heavy atom. The molecule has 0 radical (unpaired) electrons. The minimum absolute atomic E-state index is 0.323. The lowest BCUT2D eigenvalue weighted by Crippen LogP contribution is -2.29. The molecule has 0 fully saturated rings. The average Bonchev–Trinajstić information content (AvgIpc) is 2.75. The summed E-state index contributed by atoms with van der Waals surface area (Å²) in [5.74, 6) is 0.442. The summed E-state index contributed by atoms with van der Waals surface area (Å²) in [5.41, 5.74) is 2.01. The van der Waals surface area contributed by atoms with Gasteiger partial charge in [-0.2, -0.15) is 0 Å². The van der Waals surface area contributed by atoms with Crippen LogP contribution in [0.4, 0.5) is 4.39 Å². The topological polar surface area (TPSA) is 24.5 Å². The summed E-state index contributed by atoms with van der Waals surface area (Å²) in [6.07, 6.45) is 6.28. The van der Waals surface area contributed by atoms with Gasteiger partial charge in [0.05, 0.1) is 5.02 Å². The number of benzene rings is 2. The normalized spacial score (nSPS) is 11.2. The van der Waals surface area contributed by atoms with Crippen molar-refractivity contribution in [1.82, 2.24) is 10.2 Å². The zero-order chi connectivity index (χ0) is 21.6. The van der Waals surface area contributed by atoms with E-state index in [4.69, 9.17) is 16.3 Å². The molecule has 1 N–H and O–H groups in total. The monoisotopic (exact) mass is 434 g/mol. The molecular weight excluding hydrogens is 399 g/mol. The molecule has 0 aliphatic carbocycles. The first kappa shape index (κ1) is 24.6. The number of rotatable bonds is 15. The van der Waals surface area contributed by atoms with E-state index in [1.807, 2.05) is 12.1 Å². The van der Waals surface area contributed by atoms with Crippen LogP contribution < -0.4 is 10.1 Å². The van der Waals surface area contributed by atoms with Gasteiger partial charge in [-0.05, 0) is 75.3 Å². The Balaban J connectivity index is 1.66. The summed E-state index contributed by atoms with van der Waals surface area (Å²) in [4.78, 5) is 2.61. The molecular formula is C25H36ClFN2O. The number of nitrogens with zero attached hydrogens (tertiary/aromatic N) is 1. The first-order valence-electron chi connectivity index (χ1n) is 11.2. The van der Waals surface area contributed by atoms with Gasteiger partial charge in [-0.3, -0.25) is 0 Å². The van der Waals surface area contributed by atoms with Crippen molar-refractivity contribution in [2.45, 2.75) is 59.1 Å². The quantitative estimate of drug-likeness (QED) is 0.326. The van der Waals surface area contributed by atoms with E-state index < -0.39 is 0 Å². The van der Waals surface area contributed by atoms with Gasteiger partial charge in [-0.1, -0.05) is 56.5 Å². The van der Waals surface area contributed by atoms with Crippen LogP contribution in [0.2, 0.25) is 5.02 Å². The molecule has 166 valence electrons. The van der Waals surface area contributed by atoms with Crippen LogP contribution in [0.15, 0.2) is 42.5 Å². The Labute approximate surface area is 186 Å². The van der Waals surface area contributed by atoms with Gasteiger partial charge in [0, 0.05) is 12.1 Å². The van der Waals surface area contributed by atoms with E-state index in [9.17, 15) is 4.39 Å². The highest BCUT2D eigenvalue weighted by molar-refractivity contribution is 6.31. The summed E-state index contributed by atoms with van der Waals surface area (Å²) in [5, 5.41) is 3.93. The lowest BCUT2D eigenvalue weighted by molar-refractivity contribution is 0.261. The molecule has 0 aliphatic rings. The molecule has 2 rings (SSSR count). The van der Waals surface area contributed by atoms with Crippen molar-refractivity contribution in [3.8, 4) is 5.75 Å². The van der Waals surface area contributed by atoms with Gasteiger partial charge in [0.2, 0.25) is 0 Å². The standard InChI is InChI=1S/C25H36ClFN2O/c1-3-5-15-29(16-6-4-2)17-7-14-28-19-21-8-12-24(13-9-21)30-20-22-10-11-23(27)18-25(22)26/h8-13,18,28H,3-7,14-17,19-20H2,1-2H3. The van der Waals surface area contributed by atoms with Crippen molar-refractivity contribution < 1.29 is 9.13 Å². The Morgan fingerprint density at radius 1 is 0.933 bits per heavy atom. The fourth-order valence-corrected chi connectivity index (χ4v) is 3.48. The van der Waals surface area contributed by atoms with E-state index in [1.54, 1.807) is 6.07 Å². The second-order valence-electron chi connectivity index (χ2n) is 7.75. The number of nitrogens with one attached hydrogen (secondary N) is 1. The predicted octanol–water partition coefficient (Wildman–Crippen LogP) is 6.44. The molecule has 0 unspecified atom stereocenters. The third-order valence-corrected chi connectivity index (χ3v) is 5.50. The van der Waals surface area contributed by atoms with Gasteiger partial charge in [0.15, 0.2) is 0 Å². The highest BCUT2D eigenvalue weighted by Crippen LogP contribution is 2.20. The second-order valence-corrected chi connectivity index (χ2v) is 8.15. The Hall–Kier alpha value is -1.62. The van der Waals surface area contributed by atoms with E-state index in [0.717, 1.165) is 24.4 Å². The summed E-state index contributed by atoms with van der Waals surface area (Å²) in [6.45, 7) is 10.3. The zero-order valence-electron chi connectivity index (χ0n) is 18.4. The molecule has 0 aliphatic heterocycles. The first-order valence-corrected chi connectivity index (χ1v) is 11.6. The fraction of sp³-hybridized carbons (Fsp3) is 0.520. The highest BCUT2D eigenvalue weighted by atomic mass is 35.5. The molecule has 0 spiro atoms. The number of hydrogen-bond donors (Lipinski definition) is 1. The fourth-order valence-electron chi connectivity index (χ4n) is 3.26. The smallest absolute Gasteiger partial charge is 0.124 e. The summed E-state index contributed by atoms with van der Waals surface area (Å²) < 4.78 is 18.9. The van der Waals surface area contributed by atoms with E-state index in [1.165, 1.54) is 69.4 Å². The van der Waals surface area contributed by atoms with Gasteiger partial charge in [-0.25, -0.2) is 4.39 Å². The van der Waals surface area contributed by atoms with Crippen molar-refractivity contribution >= 4 is 11.6 Å². The summed E-state index contributed by atoms with van der Waals surface area (Å²) >= 11 is 6.04. The van der Waals surface area contributed by atoms with Crippen LogP contribution in [-0.4, -0.2) is 31.1 Å². The lowest BCUT2D eigenvalue weighted by Gasteiger charge is -2.22. The summed E-state index contributed by atoms with van der Waals surface area (Å²) in [6, 6.07) is 12.4. The highest BCUT2D eigenvalue weighted by Gasteiger charge is 2.05. The van der Waals surface area contributed by atoms with Crippen molar-refractivity contribution in [2.24, 2.45) is 0 Å². The molecule has 3 nitrogen and oxygen atoms in total. The minimum Gasteiger partial charge on any atom is -0.489 e. The lowest BCUT2D eigenvalue weighted by atomic mass is 10.2. The molecule has 0 heterocycles. The van der Waals surface area contributed by atoms with Crippen LogP contribution in [0.1, 0.15) is 57.1 Å². The van der Waals surface area contributed by atoms with E-state index in [0.29, 0.717) is 11.6 Å². The van der Waals surface area contributed by atoms with Crippen LogP contribution in [0.25, 0.3) is 0 Å². The number of halogens is 2. The molecule has 0 amide bonds. The van der Waals surface area contributed by atoms with Crippen LogP contribution in [-0.2, 0) is 13.2 Å². The van der Waals surface area contributed by atoms with E-state index in [2.05, 4.69) is 36.2 Å². The SMILES string of the molecule is CCCCN(CCCC)CCCNCc1ccc(OCc2ccc(F)cc2Cl)cc1.